The molecule has 0 aromatic carbocycles. The van der Waals surface area contributed by atoms with E-state index in [0.29, 0.717) is 12.5 Å². The zero-order chi connectivity index (χ0) is 11.8. The predicted molar refractivity (Wildman–Crippen MR) is 63.7 cm³/mol. The molecular weight excluding hydrogens is 204 g/mol. The lowest BCUT2D eigenvalue weighted by atomic mass is 10.2. The fourth-order valence-corrected chi connectivity index (χ4v) is 1.47. The molecule has 16 heavy (non-hydrogen) atoms. The molecule has 0 spiro atoms. The summed E-state index contributed by atoms with van der Waals surface area (Å²) in [5.41, 5.74) is 2.17. The SMILES string of the molecule is CNCc1cc(C)nc(OCCCOC)c1. The maximum atomic E-state index is 5.56. The Hall–Kier alpha value is -1.13. The minimum atomic E-state index is 0.642. The summed E-state index contributed by atoms with van der Waals surface area (Å²) >= 11 is 0. The summed E-state index contributed by atoms with van der Waals surface area (Å²) in [6, 6.07) is 4.02. The number of hydrogen-bond acceptors (Lipinski definition) is 4. The van der Waals surface area contributed by atoms with Crippen LogP contribution in [0.5, 0.6) is 5.88 Å². The largest absolute Gasteiger partial charge is 0.478 e. The first kappa shape index (κ1) is 12.9. The van der Waals surface area contributed by atoms with E-state index in [1.807, 2.05) is 20.0 Å². The second-order valence-electron chi connectivity index (χ2n) is 3.68. The monoisotopic (exact) mass is 224 g/mol. The van der Waals surface area contributed by atoms with E-state index in [1.165, 1.54) is 5.56 Å². The number of rotatable bonds is 7. The average Bonchev–Trinajstić information content (AvgIpc) is 2.24. The van der Waals surface area contributed by atoms with Crippen LogP contribution in [0.1, 0.15) is 17.7 Å². The van der Waals surface area contributed by atoms with Crippen molar-refractivity contribution in [3.8, 4) is 5.88 Å². The molecular formula is C12H20N2O2. The van der Waals surface area contributed by atoms with Gasteiger partial charge in [0.1, 0.15) is 0 Å². The summed E-state index contributed by atoms with van der Waals surface area (Å²) in [7, 11) is 3.62. The molecule has 0 aliphatic carbocycles. The Kier molecular flexibility index (Phi) is 5.82. The van der Waals surface area contributed by atoms with Crippen molar-refractivity contribution in [2.75, 3.05) is 27.4 Å². The van der Waals surface area contributed by atoms with E-state index >= 15 is 0 Å². The first-order valence-corrected chi connectivity index (χ1v) is 5.50. The standard InChI is InChI=1S/C12H20N2O2/c1-10-7-11(9-13-2)8-12(14-10)16-6-4-5-15-3/h7-8,13H,4-6,9H2,1-3H3. The van der Waals surface area contributed by atoms with Gasteiger partial charge in [0.05, 0.1) is 6.61 Å². The zero-order valence-corrected chi connectivity index (χ0v) is 10.2. The molecule has 1 heterocycles. The number of aromatic nitrogens is 1. The van der Waals surface area contributed by atoms with Gasteiger partial charge in [-0.25, -0.2) is 4.98 Å². The highest BCUT2D eigenvalue weighted by Gasteiger charge is 2.00. The number of nitrogens with zero attached hydrogens (tertiary/aromatic N) is 1. The number of pyridine rings is 1. The van der Waals surface area contributed by atoms with Crippen molar-refractivity contribution in [3.05, 3.63) is 23.4 Å². The van der Waals surface area contributed by atoms with Crippen LogP contribution in [0.25, 0.3) is 0 Å². The average molecular weight is 224 g/mol. The lowest BCUT2D eigenvalue weighted by Crippen LogP contribution is -2.07. The van der Waals surface area contributed by atoms with Gasteiger partial charge in [-0.2, -0.15) is 0 Å². The van der Waals surface area contributed by atoms with Gasteiger partial charge >= 0.3 is 0 Å². The Bertz CT molecular complexity index is 316. The van der Waals surface area contributed by atoms with Crippen LogP contribution in [0.15, 0.2) is 12.1 Å². The Morgan fingerprint density at radius 3 is 2.81 bits per heavy atom. The van der Waals surface area contributed by atoms with Crippen LogP contribution in [0.3, 0.4) is 0 Å². The van der Waals surface area contributed by atoms with Gasteiger partial charge in [0.25, 0.3) is 0 Å². The minimum Gasteiger partial charge on any atom is -0.478 e. The summed E-state index contributed by atoms with van der Waals surface area (Å²) in [5.74, 6) is 0.696. The molecule has 1 rings (SSSR count). The Morgan fingerprint density at radius 1 is 1.31 bits per heavy atom. The van der Waals surface area contributed by atoms with Crippen molar-refractivity contribution in [2.24, 2.45) is 0 Å². The molecule has 0 saturated carbocycles. The first-order valence-electron chi connectivity index (χ1n) is 5.50. The molecule has 0 aliphatic heterocycles. The van der Waals surface area contributed by atoms with Gasteiger partial charge in [-0.3, -0.25) is 0 Å². The molecule has 1 aromatic rings. The summed E-state index contributed by atoms with van der Waals surface area (Å²) in [6.07, 6.45) is 0.882. The molecule has 0 fully saturated rings. The summed E-state index contributed by atoms with van der Waals surface area (Å²) in [6.45, 7) is 4.16. The van der Waals surface area contributed by atoms with Crippen LogP contribution in [-0.4, -0.2) is 32.4 Å². The number of nitrogens with one attached hydrogen (secondary N) is 1. The summed E-state index contributed by atoms with van der Waals surface area (Å²) in [4.78, 5) is 4.32. The Morgan fingerprint density at radius 2 is 2.12 bits per heavy atom. The Labute approximate surface area is 97.0 Å². The van der Waals surface area contributed by atoms with Crippen LogP contribution in [-0.2, 0) is 11.3 Å². The van der Waals surface area contributed by atoms with Crippen LogP contribution in [0.2, 0.25) is 0 Å². The van der Waals surface area contributed by atoms with Crippen LogP contribution in [0, 0.1) is 6.92 Å². The van der Waals surface area contributed by atoms with Crippen molar-refractivity contribution in [1.82, 2.24) is 10.3 Å². The van der Waals surface area contributed by atoms with Crippen molar-refractivity contribution in [3.63, 3.8) is 0 Å². The van der Waals surface area contributed by atoms with Gasteiger partial charge in [0.2, 0.25) is 5.88 Å². The normalized spacial score (nSPS) is 10.4. The molecule has 0 atom stereocenters. The molecule has 0 bridgehead atoms. The van der Waals surface area contributed by atoms with Gasteiger partial charge in [-0.15, -0.1) is 0 Å². The second-order valence-corrected chi connectivity index (χ2v) is 3.68. The third-order valence-electron chi connectivity index (χ3n) is 2.11. The Balaban J connectivity index is 2.51. The van der Waals surface area contributed by atoms with E-state index in [-0.39, 0.29) is 0 Å². The van der Waals surface area contributed by atoms with Crippen LogP contribution in [0.4, 0.5) is 0 Å². The molecule has 0 unspecified atom stereocenters. The third kappa shape index (κ3) is 4.59. The highest BCUT2D eigenvalue weighted by atomic mass is 16.5. The van der Waals surface area contributed by atoms with Gasteiger partial charge < -0.3 is 14.8 Å². The molecule has 4 nitrogen and oxygen atoms in total. The fraction of sp³-hybridized carbons (Fsp3) is 0.583. The number of hydrogen-bond donors (Lipinski definition) is 1. The van der Waals surface area contributed by atoms with E-state index in [0.717, 1.165) is 25.3 Å². The number of ether oxygens (including phenoxy) is 2. The van der Waals surface area contributed by atoms with Gasteiger partial charge in [0, 0.05) is 38.4 Å². The third-order valence-corrected chi connectivity index (χ3v) is 2.11. The van der Waals surface area contributed by atoms with Crippen molar-refractivity contribution in [2.45, 2.75) is 19.9 Å². The van der Waals surface area contributed by atoms with Crippen molar-refractivity contribution >= 4 is 0 Å². The molecule has 0 amide bonds. The molecule has 0 radical (unpaired) electrons. The first-order chi connectivity index (χ1) is 7.76. The number of methoxy groups -OCH3 is 1. The van der Waals surface area contributed by atoms with E-state index in [9.17, 15) is 0 Å². The maximum Gasteiger partial charge on any atom is 0.213 e. The summed E-state index contributed by atoms with van der Waals surface area (Å²) in [5, 5.41) is 3.11. The predicted octanol–water partition coefficient (Wildman–Crippen LogP) is 1.52. The molecule has 4 heteroatoms. The van der Waals surface area contributed by atoms with Crippen molar-refractivity contribution < 1.29 is 9.47 Å². The van der Waals surface area contributed by atoms with E-state index < -0.39 is 0 Å². The zero-order valence-electron chi connectivity index (χ0n) is 10.2. The smallest absolute Gasteiger partial charge is 0.213 e. The van der Waals surface area contributed by atoms with Crippen LogP contribution >= 0.6 is 0 Å². The molecule has 1 aromatic heterocycles. The minimum absolute atomic E-state index is 0.642. The quantitative estimate of drug-likeness (QED) is 0.713. The van der Waals surface area contributed by atoms with Gasteiger partial charge in [-0.05, 0) is 25.6 Å². The highest BCUT2D eigenvalue weighted by Crippen LogP contribution is 2.12. The lowest BCUT2D eigenvalue weighted by Gasteiger charge is -2.08. The molecule has 90 valence electrons. The second kappa shape index (κ2) is 7.19. The number of aryl methyl sites for hydroxylation is 1. The van der Waals surface area contributed by atoms with Gasteiger partial charge in [0.15, 0.2) is 0 Å². The maximum absolute atomic E-state index is 5.56. The fourth-order valence-electron chi connectivity index (χ4n) is 1.47. The van der Waals surface area contributed by atoms with Gasteiger partial charge in [-0.1, -0.05) is 0 Å². The van der Waals surface area contributed by atoms with Crippen molar-refractivity contribution in [1.29, 1.82) is 0 Å². The molecule has 0 aliphatic rings. The molecule has 0 saturated heterocycles. The topological polar surface area (TPSA) is 43.4 Å². The summed E-state index contributed by atoms with van der Waals surface area (Å²) < 4.78 is 10.5. The molecule has 1 N–H and O–H groups in total. The van der Waals surface area contributed by atoms with Crippen LogP contribution < -0.4 is 10.1 Å². The van der Waals surface area contributed by atoms with E-state index in [1.54, 1.807) is 7.11 Å². The lowest BCUT2D eigenvalue weighted by molar-refractivity contribution is 0.170. The van der Waals surface area contributed by atoms with E-state index in [4.69, 9.17) is 9.47 Å². The highest BCUT2D eigenvalue weighted by molar-refractivity contribution is 5.24. The van der Waals surface area contributed by atoms with E-state index in [2.05, 4.69) is 16.4 Å².